The number of rotatable bonds is 8. The van der Waals surface area contributed by atoms with Crippen LogP contribution in [-0.4, -0.2) is 25.4 Å². The Morgan fingerprint density at radius 2 is 1.92 bits per heavy atom. The van der Waals surface area contributed by atoms with Crippen LogP contribution in [0.2, 0.25) is 0 Å². The van der Waals surface area contributed by atoms with E-state index in [1.54, 1.807) is 12.1 Å². The first kappa shape index (κ1) is 18.2. The summed E-state index contributed by atoms with van der Waals surface area (Å²) in [5.41, 5.74) is 2.36. The van der Waals surface area contributed by atoms with Gasteiger partial charge in [-0.15, -0.1) is 0 Å². The SMILES string of the molecule is COc1ccc(OC(F)F)c(CNCC(O)c2ccccc2C)c1. The molecule has 0 bridgehead atoms. The molecule has 0 fully saturated rings. The molecule has 2 rings (SSSR count). The van der Waals surface area contributed by atoms with E-state index in [9.17, 15) is 13.9 Å². The summed E-state index contributed by atoms with van der Waals surface area (Å²) in [6, 6.07) is 12.2. The number of aliphatic hydroxyl groups excluding tert-OH is 1. The van der Waals surface area contributed by atoms with Crippen molar-refractivity contribution < 1.29 is 23.4 Å². The molecule has 0 aliphatic rings. The van der Waals surface area contributed by atoms with Crippen molar-refractivity contribution in [1.82, 2.24) is 5.32 Å². The van der Waals surface area contributed by atoms with Crippen LogP contribution in [0.1, 0.15) is 22.8 Å². The molecular formula is C18H21F2NO3. The highest BCUT2D eigenvalue weighted by molar-refractivity contribution is 5.40. The highest BCUT2D eigenvalue weighted by atomic mass is 19.3. The normalized spacial score (nSPS) is 12.2. The number of ether oxygens (including phenoxy) is 2. The molecule has 0 spiro atoms. The number of alkyl halides is 2. The van der Waals surface area contributed by atoms with Crippen LogP contribution in [0.3, 0.4) is 0 Å². The first-order chi connectivity index (χ1) is 11.5. The Bertz CT molecular complexity index is 664. The zero-order valence-electron chi connectivity index (χ0n) is 13.6. The third kappa shape index (κ3) is 4.91. The van der Waals surface area contributed by atoms with E-state index in [2.05, 4.69) is 10.1 Å². The molecule has 1 unspecified atom stereocenters. The van der Waals surface area contributed by atoms with Gasteiger partial charge in [0.2, 0.25) is 0 Å². The molecule has 24 heavy (non-hydrogen) atoms. The molecule has 1 atom stereocenters. The maximum absolute atomic E-state index is 12.5. The van der Waals surface area contributed by atoms with Gasteiger partial charge in [0.15, 0.2) is 0 Å². The van der Waals surface area contributed by atoms with E-state index in [4.69, 9.17) is 4.74 Å². The van der Waals surface area contributed by atoms with Crippen LogP contribution >= 0.6 is 0 Å². The summed E-state index contributed by atoms with van der Waals surface area (Å²) < 4.78 is 34.6. The van der Waals surface area contributed by atoms with Gasteiger partial charge in [-0.3, -0.25) is 0 Å². The summed E-state index contributed by atoms with van der Waals surface area (Å²) in [5, 5.41) is 13.3. The summed E-state index contributed by atoms with van der Waals surface area (Å²) in [6.07, 6.45) is -0.684. The number of halogens is 2. The molecule has 0 radical (unpaired) electrons. The van der Waals surface area contributed by atoms with Crippen LogP contribution in [0.4, 0.5) is 8.78 Å². The van der Waals surface area contributed by atoms with Crippen LogP contribution in [-0.2, 0) is 6.54 Å². The molecule has 2 N–H and O–H groups in total. The lowest BCUT2D eigenvalue weighted by Crippen LogP contribution is -2.22. The number of nitrogens with one attached hydrogen (secondary N) is 1. The van der Waals surface area contributed by atoms with Crippen molar-refractivity contribution in [2.45, 2.75) is 26.2 Å². The Morgan fingerprint density at radius 1 is 1.17 bits per heavy atom. The molecule has 2 aromatic carbocycles. The molecular weight excluding hydrogens is 316 g/mol. The molecule has 0 saturated heterocycles. The van der Waals surface area contributed by atoms with Crippen molar-refractivity contribution in [3.05, 3.63) is 59.2 Å². The smallest absolute Gasteiger partial charge is 0.387 e. The quantitative estimate of drug-likeness (QED) is 0.775. The third-order valence-corrected chi connectivity index (χ3v) is 3.68. The monoisotopic (exact) mass is 337 g/mol. The fourth-order valence-electron chi connectivity index (χ4n) is 2.45. The van der Waals surface area contributed by atoms with E-state index in [-0.39, 0.29) is 18.8 Å². The third-order valence-electron chi connectivity index (χ3n) is 3.68. The zero-order chi connectivity index (χ0) is 17.5. The first-order valence-electron chi connectivity index (χ1n) is 7.57. The summed E-state index contributed by atoms with van der Waals surface area (Å²) >= 11 is 0. The maximum Gasteiger partial charge on any atom is 0.387 e. The summed E-state index contributed by atoms with van der Waals surface area (Å²) in [4.78, 5) is 0. The van der Waals surface area contributed by atoms with Crippen molar-refractivity contribution in [1.29, 1.82) is 0 Å². The number of benzene rings is 2. The number of methoxy groups -OCH3 is 1. The Morgan fingerprint density at radius 3 is 2.58 bits per heavy atom. The van der Waals surface area contributed by atoms with Crippen molar-refractivity contribution in [3.8, 4) is 11.5 Å². The van der Waals surface area contributed by atoms with E-state index in [1.165, 1.54) is 13.2 Å². The van der Waals surface area contributed by atoms with E-state index < -0.39 is 12.7 Å². The lowest BCUT2D eigenvalue weighted by molar-refractivity contribution is -0.0505. The summed E-state index contributed by atoms with van der Waals surface area (Å²) in [5.74, 6) is 0.636. The number of hydrogen-bond donors (Lipinski definition) is 2. The molecule has 130 valence electrons. The Labute approximate surface area is 140 Å². The van der Waals surface area contributed by atoms with E-state index in [0.717, 1.165) is 11.1 Å². The predicted molar refractivity (Wildman–Crippen MR) is 87.5 cm³/mol. The summed E-state index contributed by atoms with van der Waals surface area (Å²) in [6.45, 7) is -0.414. The Kier molecular flexibility index (Phi) is 6.52. The van der Waals surface area contributed by atoms with Crippen molar-refractivity contribution in [2.24, 2.45) is 0 Å². The molecule has 0 amide bonds. The fraction of sp³-hybridized carbons (Fsp3) is 0.333. The average Bonchev–Trinajstić information content (AvgIpc) is 2.56. The van der Waals surface area contributed by atoms with Crippen molar-refractivity contribution in [3.63, 3.8) is 0 Å². The Balaban J connectivity index is 2.01. The second-order valence-corrected chi connectivity index (χ2v) is 5.36. The minimum atomic E-state index is -2.89. The Hall–Kier alpha value is -2.18. The van der Waals surface area contributed by atoms with Crippen LogP contribution in [0.25, 0.3) is 0 Å². The molecule has 0 aliphatic heterocycles. The minimum Gasteiger partial charge on any atom is -0.497 e. The van der Waals surface area contributed by atoms with Gasteiger partial charge in [-0.25, -0.2) is 0 Å². The minimum absolute atomic E-state index is 0.0867. The molecule has 2 aromatic rings. The van der Waals surface area contributed by atoms with Crippen LogP contribution in [0, 0.1) is 6.92 Å². The predicted octanol–water partition coefficient (Wildman–Crippen LogP) is 3.43. The topological polar surface area (TPSA) is 50.7 Å². The van der Waals surface area contributed by atoms with Gasteiger partial charge in [0.1, 0.15) is 11.5 Å². The van der Waals surface area contributed by atoms with Crippen LogP contribution in [0.15, 0.2) is 42.5 Å². The van der Waals surface area contributed by atoms with Crippen molar-refractivity contribution in [2.75, 3.05) is 13.7 Å². The van der Waals surface area contributed by atoms with Gasteiger partial charge in [0, 0.05) is 18.7 Å². The lowest BCUT2D eigenvalue weighted by Gasteiger charge is -2.16. The van der Waals surface area contributed by atoms with Gasteiger partial charge in [0.25, 0.3) is 0 Å². The molecule has 0 aliphatic carbocycles. The van der Waals surface area contributed by atoms with Gasteiger partial charge in [-0.1, -0.05) is 24.3 Å². The lowest BCUT2D eigenvalue weighted by atomic mass is 10.0. The molecule has 0 aromatic heterocycles. The van der Waals surface area contributed by atoms with Gasteiger partial charge in [0.05, 0.1) is 13.2 Å². The largest absolute Gasteiger partial charge is 0.497 e. The van der Waals surface area contributed by atoms with E-state index in [1.807, 2.05) is 31.2 Å². The van der Waals surface area contributed by atoms with E-state index >= 15 is 0 Å². The molecule has 6 heteroatoms. The van der Waals surface area contributed by atoms with Crippen molar-refractivity contribution >= 4 is 0 Å². The average molecular weight is 337 g/mol. The second-order valence-electron chi connectivity index (χ2n) is 5.36. The van der Waals surface area contributed by atoms with E-state index in [0.29, 0.717) is 11.3 Å². The fourth-order valence-corrected chi connectivity index (χ4v) is 2.45. The van der Waals surface area contributed by atoms with Gasteiger partial charge in [-0.2, -0.15) is 8.78 Å². The zero-order valence-corrected chi connectivity index (χ0v) is 13.6. The standard InChI is InChI=1S/C18H21F2NO3/c1-12-5-3-4-6-15(12)16(22)11-21-10-13-9-14(23-2)7-8-17(13)24-18(19)20/h3-9,16,18,21-22H,10-11H2,1-2H3. The number of aryl methyl sites for hydroxylation is 1. The van der Waals surface area contributed by atoms with Gasteiger partial charge in [-0.05, 0) is 36.2 Å². The first-order valence-corrected chi connectivity index (χ1v) is 7.57. The molecule has 4 nitrogen and oxygen atoms in total. The highest BCUT2D eigenvalue weighted by Gasteiger charge is 2.13. The van der Waals surface area contributed by atoms with Crippen LogP contribution in [0.5, 0.6) is 11.5 Å². The molecule has 0 heterocycles. The van der Waals surface area contributed by atoms with Gasteiger partial charge < -0.3 is 19.9 Å². The van der Waals surface area contributed by atoms with Crippen LogP contribution < -0.4 is 14.8 Å². The number of hydrogen-bond acceptors (Lipinski definition) is 4. The number of aliphatic hydroxyl groups is 1. The second kappa shape index (κ2) is 8.61. The highest BCUT2D eigenvalue weighted by Crippen LogP contribution is 2.26. The maximum atomic E-state index is 12.5. The van der Waals surface area contributed by atoms with Gasteiger partial charge >= 0.3 is 6.61 Å². The molecule has 0 saturated carbocycles. The summed E-state index contributed by atoms with van der Waals surface area (Å²) in [7, 11) is 1.50.